The van der Waals surface area contributed by atoms with E-state index in [1.807, 2.05) is 31.2 Å². The lowest BCUT2D eigenvalue weighted by Gasteiger charge is -2.10. The number of nitrogens with zero attached hydrogens (tertiary/aromatic N) is 3. The molecule has 0 fully saturated rings. The molecule has 3 aromatic rings. The molecule has 122 valence electrons. The van der Waals surface area contributed by atoms with Crippen LogP contribution in [0.25, 0.3) is 10.2 Å². The summed E-state index contributed by atoms with van der Waals surface area (Å²) in [6.45, 7) is 1.84. The molecule has 2 aromatic heterocycles. The minimum atomic E-state index is -0.0425. The normalized spacial score (nSPS) is 14.4. The number of aromatic nitrogens is 2. The quantitative estimate of drug-likeness (QED) is 0.437. The van der Waals surface area contributed by atoms with E-state index >= 15 is 0 Å². The van der Waals surface area contributed by atoms with Crippen molar-refractivity contribution in [2.75, 3.05) is 0 Å². The lowest BCUT2D eigenvalue weighted by atomic mass is 9.97. The van der Waals surface area contributed by atoms with Crippen LogP contribution >= 0.6 is 33.9 Å². The van der Waals surface area contributed by atoms with Gasteiger partial charge in [-0.3, -0.25) is 4.79 Å². The maximum absolute atomic E-state index is 13.0. The Morgan fingerprint density at radius 1 is 1.29 bits per heavy atom. The molecule has 0 spiro atoms. The van der Waals surface area contributed by atoms with Crippen LogP contribution in [0, 0.1) is 10.5 Å². The Bertz CT molecular complexity index is 1020. The summed E-state index contributed by atoms with van der Waals surface area (Å²) in [4.78, 5) is 19.8. The van der Waals surface area contributed by atoms with Gasteiger partial charge in [0.1, 0.15) is 10.7 Å². The predicted molar refractivity (Wildman–Crippen MR) is 107 cm³/mol. The Hall–Kier alpha value is -1.54. The largest absolute Gasteiger partial charge is 0.283 e. The van der Waals surface area contributed by atoms with E-state index in [0.29, 0.717) is 5.82 Å². The average Bonchev–Trinajstić information content (AvgIpc) is 2.94. The molecule has 24 heavy (non-hydrogen) atoms. The van der Waals surface area contributed by atoms with Crippen LogP contribution in [0.2, 0.25) is 0 Å². The highest BCUT2D eigenvalue weighted by Crippen LogP contribution is 2.33. The molecule has 0 unspecified atom stereocenters. The van der Waals surface area contributed by atoms with E-state index in [1.54, 1.807) is 17.6 Å². The van der Waals surface area contributed by atoms with Gasteiger partial charge in [-0.15, -0.1) is 11.3 Å². The summed E-state index contributed by atoms with van der Waals surface area (Å²) < 4.78 is 2.54. The maximum atomic E-state index is 13.0. The van der Waals surface area contributed by atoms with E-state index in [-0.39, 0.29) is 5.56 Å². The summed E-state index contributed by atoms with van der Waals surface area (Å²) in [7, 11) is 0. The van der Waals surface area contributed by atoms with Crippen molar-refractivity contribution in [3.8, 4) is 0 Å². The zero-order valence-electron chi connectivity index (χ0n) is 13.3. The second-order valence-corrected chi connectivity index (χ2v) is 8.18. The van der Waals surface area contributed by atoms with E-state index < -0.39 is 0 Å². The van der Waals surface area contributed by atoms with Gasteiger partial charge in [0.05, 0.1) is 11.6 Å². The molecule has 0 atom stereocenters. The summed E-state index contributed by atoms with van der Waals surface area (Å²) in [5.41, 5.74) is 2.16. The molecule has 0 bridgehead atoms. The standard InChI is InChI=1S/C18H16IN3OS/c1-11-21-17-16(13-7-3-5-9-15(13)24-17)18(23)22(11)20-10-12-6-2-4-8-14(12)19/h2,4,6,8,10H,3,5,7,9H2,1H3/b20-10+. The highest BCUT2D eigenvalue weighted by Gasteiger charge is 2.21. The van der Waals surface area contributed by atoms with Crippen molar-refractivity contribution in [3.63, 3.8) is 0 Å². The highest BCUT2D eigenvalue weighted by atomic mass is 127. The molecule has 6 heteroatoms. The number of thiophene rings is 1. The molecule has 2 heterocycles. The van der Waals surface area contributed by atoms with Crippen LogP contribution < -0.4 is 5.56 Å². The second kappa shape index (κ2) is 6.40. The zero-order valence-corrected chi connectivity index (χ0v) is 16.2. The first-order valence-corrected chi connectivity index (χ1v) is 9.87. The molecule has 4 nitrogen and oxygen atoms in total. The number of benzene rings is 1. The number of aryl methyl sites for hydroxylation is 3. The van der Waals surface area contributed by atoms with E-state index in [9.17, 15) is 4.79 Å². The van der Waals surface area contributed by atoms with Crippen LogP contribution in [0.4, 0.5) is 0 Å². The first-order valence-electron chi connectivity index (χ1n) is 7.98. The number of rotatable bonds is 2. The summed E-state index contributed by atoms with van der Waals surface area (Å²) in [6, 6.07) is 7.97. The van der Waals surface area contributed by atoms with Crippen LogP contribution in [-0.2, 0) is 12.8 Å². The molecule has 0 amide bonds. The van der Waals surface area contributed by atoms with Gasteiger partial charge in [-0.25, -0.2) is 4.98 Å². The molecule has 0 radical (unpaired) electrons. The minimum Gasteiger partial charge on any atom is -0.267 e. The van der Waals surface area contributed by atoms with Crippen LogP contribution in [0.5, 0.6) is 0 Å². The van der Waals surface area contributed by atoms with Gasteiger partial charge >= 0.3 is 0 Å². The molecular formula is C18H16IN3OS. The summed E-state index contributed by atoms with van der Waals surface area (Å²) >= 11 is 3.95. The number of hydrogen-bond acceptors (Lipinski definition) is 4. The van der Waals surface area contributed by atoms with Gasteiger partial charge in [0, 0.05) is 14.0 Å². The third-order valence-corrected chi connectivity index (χ3v) is 6.51. The maximum Gasteiger partial charge on any atom is 0.283 e. The fourth-order valence-corrected chi connectivity index (χ4v) is 4.96. The van der Waals surface area contributed by atoms with E-state index in [4.69, 9.17) is 0 Å². The van der Waals surface area contributed by atoms with Gasteiger partial charge in [0.25, 0.3) is 5.56 Å². The summed E-state index contributed by atoms with van der Waals surface area (Å²) in [6.07, 6.45) is 6.15. The van der Waals surface area contributed by atoms with E-state index in [2.05, 4.69) is 32.7 Å². The van der Waals surface area contributed by atoms with Crippen molar-refractivity contribution in [1.29, 1.82) is 0 Å². The van der Waals surface area contributed by atoms with Gasteiger partial charge < -0.3 is 0 Å². The molecule has 4 rings (SSSR count). The van der Waals surface area contributed by atoms with Crippen molar-refractivity contribution < 1.29 is 0 Å². The molecule has 0 N–H and O–H groups in total. The summed E-state index contributed by atoms with van der Waals surface area (Å²) in [5.74, 6) is 0.633. The lowest BCUT2D eigenvalue weighted by molar-refractivity contribution is 0.698. The smallest absolute Gasteiger partial charge is 0.267 e. The van der Waals surface area contributed by atoms with Crippen molar-refractivity contribution in [1.82, 2.24) is 9.66 Å². The number of hydrogen-bond donors (Lipinski definition) is 0. The molecule has 1 aliphatic rings. The van der Waals surface area contributed by atoms with Crippen molar-refractivity contribution in [3.05, 3.63) is 60.0 Å². The number of fused-ring (bicyclic) bond motifs is 3. The Kier molecular flexibility index (Phi) is 4.26. The topological polar surface area (TPSA) is 47.2 Å². The monoisotopic (exact) mass is 449 g/mol. The van der Waals surface area contributed by atoms with Gasteiger partial charge in [-0.05, 0) is 66.8 Å². The number of halogens is 1. The first-order chi connectivity index (χ1) is 11.6. The van der Waals surface area contributed by atoms with E-state index in [1.165, 1.54) is 21.5 Å². The van der Waals surface area contributed by atoms with Gasteiger partial charge in [0.15, 0.2) is 0 Å². The Morgan fingerprint density at radius 3 is 2.92 bits per heavy atom. The molecule has 1 aliphatic carbocycles. The molecule has 0 saturated heterocycles. The highest BCUT2D eigenvalue weighted by molar-refractivity contribution is 14.1. The Labute approximate surface area is 157 Å². The van der Waals surface area contributed by atoms with Gasteiger partial charge in [0.2, 0.25) is 0 Å². The lowest BCUT2D eigenvalue weighted by Crippen LogP contribution is -2.21. The predicted octanol–water partition coefficient (Wildman–Crippen LogP) is 4.13. The second-order valence-electron chi connectivity index (χ2n) is 5.93. The average molecular weight is 449 g/mol. The molecular weight excluding hydrogens is 433 g/mol. The summed E-state index contributed by atoms with van der Waals surface area (Å²) in [5, 5.41) is 5.21. The fraction of sp³-hybridized carbons (Fsp3) is 0.278. The van der Waals surface area contributed by atoms with Crippen LogP contribution in [-0.4, -0.2) is 15.9 Å². The minimum absolute atomic E-state index is 0.0425. The van der Waals surface area contributed by atoms with Crippen LogP contribution in [0.3, 0.4) is 0 Å². The fourth-order valence-electron chi connectivity index (χ4n) is 3.13. The zero-order chi connectivity index (χ0) is 16.7. The molecule has 1 aromatic carbocycles. The van der Waals surface area contributed by atoms with Crippen molar-refractivity contribution >= 4 is 50.4 Å². The Balaban J connectivity index is 1.87. The first kappa shape index (κ1) is 16.0. The van der Waals surface area contributed by atoms with Crippen LogP contribution in [0.1, 0.15) is 34.7 Å². The van der Waals surface area contributed by atoms with Gasteiger partial charge in [-0.2, -0.15) is 9.78 Å². The third kappa shape index (κ3) is 2.71. The third-order valence-electron chi connectivity index (χ3n) is 4.35. The Morgan fingerprint density at radius 2 is 2.08 bits per heavy atom. The van der Waals surface area contributed by atoms with Crippen LogP contribution in [0.15, 0.2) is 34.2 Å². The SMILES string of the molecule is Cc1nc2sc3c(c2c(=O)n1/N=C/c1ccccc1I)CCCC3. The van der Waals surface area contributed by atoms with Crippen molar-refractivity contribution in [2.45, 2.75) is 32.6 Å². The van der Waals surface area contributed by atoms with Crippen molar-refractivity contribution in [2.24, 2.45) is 5.10 Å². The van der Waals surface area contributed by atoms with Gasteiger partial charge in [-0.1, -0.05) is 18.2 Å². The molecule has 0 aliphatic heterocycles. The van der Waals surface area contributed by atoms with E-state index in [0.717, 1.165) is 38.6 Å². The molecule has 0 saturated carbocycles.